The van der Waals surface area contributed by atoms with Gasteiger partial charge in [-0.2, -0.15) is 5.10 Å². The van der Waals surface area contributed by atoms with Crippen LogP contribution in [0.1, 0.15) is 45.5 Å². The predicted octanol–water partition coefficient (Wildman–Crippen LogP) is 2.05. The van der Waals surface area contributed by atoms with Crippen LogP contribution < -0.4 is 5.32 Å². The highest BCUT2D eigenvalue weighted by Crippen LogP contribution is 2.21. The molecule has 3 aromatic rings. The minimum atomic E-state index is -0.430. The van der Waals surface area contributed by atoms with Crippen molar-refractivity contribution in [2.24, 2.45) is 0 Å². The van der Waals surface area contributed by atoms with E-state index in [1.807, 2.05) is 44.2 Å². The second-order valence-corrected chi connectivity index (χ2v) is 5.75. The summed E-state index contributed by atoms with van der Waals surface area (Å²) in [5, 5.41) is 14.0. The number of hydrogen-bond donors (Lipinski definition) is 2. The highest BCUT2D eigenvalue weighted by Gasteiger charge is 2.24. The molecular formula is C15H16N6OS. The van der Waals surface area contributed by atoms with Crippen molar-refractivity contribution in [3.05, 3.63) is 58.1 Å². The van der Waals surface area contributed by atoms with Crippen LogP contribution in [-0.2, 0) is 6.42 Å². The Hall–Kier alpha value is -2.61. The monoisotopic (exact) mass is 328 g/mol. The number of nitrogens with zero attached hydrogens (tertiary/aromatic N) is 4. The van der Waals surface area contributed by atoms with Gasteiger partial charge in [0.05, 0.1) is 5.69 Å². The van der Waals surface area contributed by atoms with E-state index in [4.69, 9.17) is 0 Å². The molecule has 0 saturated heterocycles. The number of carbonyl (C=O) groups excluding carboxylic acids is 1. The smallest absolute Gasteiger partial charge is 0.265 e. The van der Waals surface area contributed by atoms with Crippen LogP contribution in [0, 0.1) is 6.92 Å². The Bertz CT molecular complexity index is 797. The lowest BCUT2D eigenvalue weighted by Crippen LogP contribution is -2.30. The summed E-state index contributed by atoms with van der Waals surface area (Å²) in [7, 11) is 0. The Morgan fingerprint density at radius 2 is 2.13 bits per heavy atom. The maximum Gasteiger partial charge on any atom is 0.265 e. The quantitative estimate of drug-likeness (QED) is 0.747. The molecule has 23 heavy (non-hydrogen) atoms. The lowest BCUT2D eigenvalue weighted by molar-refractivity contribution is 0.0944. The van der Waals surface area contributed by atoms with Crippen molar-refractivity contribution in [1.82, 2.24) is 30.1 Å². The van der Waals surface area contributed by atoms with Crippen LogP contribution in [0.3, 0.4) is 0 Å². The molecule has 0 aliphatic heterocycles. The molecule has 3 rings (SSSR count). The molecule has 0 aliphatic rings. The first-order chi connectivity index (χ1) is 11.2. The Labute approximate surface area is 137 Å². The molecule has 2 heterocycles. The number of carbonyl (C=O) groups is 1. The summed E-state index contributed by atoms with van der Waals surface area (Å²) in [6.07, 6.45) is 0.662. The Morgan fingerprint density at radius 3 is 2.78 bits per heavy atom. The number of nitrogens with one attached hydrogen (secondary N) is 2. The third kappa shape index (κ3) is 3.26. The highest BCUT2D eigenvalue weighted by atomic mass is 32.1. The molecule has 1 amide bonds. The van der Waals surface area contributed by atoms with E-state index in [-0.39, 0.29) is 5.91 Å². The molecule has 0 bridgehead atoms. The topological polar surface area (TPSA) is 96.5 Å². The van der Waals surface area contributed by atoms with Crippen molar-refractivity contribution in [1.29, 1.82) is 0 Å². The third-order valence-electron chi connectivity index (χ3n) is 3.38. The van der Waals surface area contributed by atoms with Crippen LogP contribution in [0.4, 0.5) is 0 Å². The number of aromatic nitrogens is 5. The van der Waals surface area contributed by atoms with E-state index in [2.05, 4.69) is 30.1 Å². The van der Waals surface area contributed by atoms with Gasteiger partial charge in [0.1, 0.15) is 16.7 Å². The van der Waals surface area contributed by atoms with Crippen molar-refractivity contribution < 1.29 is 4.79 Å². The number of aryl methyl sites for hydroxylation is 2. The molecular weight excluding hydrogens is 312 g/mol. The van der Waals surface area contributed by atoms with Crippen molar-refractivity contribution in [3.8, 4) is 0 Å². The van der Waals surface area contributed by atoms with Crippen molar-refractivity contribution in [2.75, 3.05) is 0 Å². The van der Waals surface area contributed by atoms with Gasteiger partial charge in [-0.05, 0) is 30.4 Å². The molecule has 0 unspecified atom stereocenters. The molecule has 1 aromatic carbocycles. The fourth-order valence-corrected chi connectivity index (χ4v) is 2.89. The molecule has 0 spiro atoms. The van der Waals surface area contributed by atoms with E-state index >= 15 is 0 Å². The van der Waals surface area contributed by atoms with Gasteiger partial charge in [-0.3, -0.25) is 9.89 Å². The number of hydrogen-bond acceptors (Lipinski definition) is 6. The predicted molar refractivity (Wildman–Crippen MR) is 86.2 cm³/mol. The van der Waals surface area contributed by atoms with Crippen LogP contribution in [0.2, 0.25) is 0 Å². The lowest BCUT2D eigenvalue weighted by atomic mass is 10.1. The van der Waals surface area contributed by atoms with E-state index in [1.54, 1.807) is 0 Å². The molecule has 0 radical (unpaired) electrons. The second-order valence-electron chi connectivity index (χ2n) is 5.00. The van der Waals surface area contributed by atoms with E-state index in [9.17, 15) is 4.79 Å². The molecule has 2 aromatic heterocycles. The van der Waals surface area contributed by atoms with Crippen LogP contribution in [0.25, 0.3) is 0 Å². The van der Waals surface area contributed by atoms with Crippen molar-refractivity contribution in [2.45, 2.75) is 26.3 Å². The second kappa shape index (κ2) is 6.66. The highest BCUT2D eigenvalue weighted by molar-refractivity contribution is 7.08. The SMILES string of the molecule is CCc1nnsc1C(=O)N[C@@H](c1ccccc1)c1n[nH]c(C)n1. The van der Waals surface area contributed by atoms with Gasteiger partial charge < -0.3 is 5.32 Å². The zero-order valence-corrected chi connectivity index (χ0v) is 13.6. The minimum absolute atomic E-state index is 0.215. The van der Waals surface area contributed by atoms with Gasteiger partial charge >= 0.3 is 0 Å². The Balaban J connectivity index is 1.92. The summed E-state index contributed by atoms with van der Waals surface area (Å²) in [4.78, 5) is 17.5. The number of benzene rings is 1. The fraction of sp³-hybridized carbons (Fsp3) is 0.267. The van der Waals surface area contributed by atoms with Gasteiger partial charge in [-0.15, -0.1) is 5.10 Å². The van der Waals surface area contributed by atoms with Gasteiger partial charge in [0.2, 0.25) is 0 Å². The Morgan fingerprint density at radius 1 is 1.35 bits per heavy atom. The summed E-state index contributed by atoms with van der Waals surface area (Å²) in [5.41, 5.74) is 1.61. The van der Waals surface area contributed by atoms with Gasteiger partial charge in [0, 0.05) is 0 Å². The molecule has 1 atom stereocenters. The van der Waals surface area contributed by atoms with Gasteiger partial charge in [0.25, 0.3) is 5.91 Å². The van der Waals surface area contributed by atoms with Gasteiger partial charge in [-0.1, -0.05) is 41.7 Å². The van der Waals surface area contributed by atoms with Crippen LogP contribution >= 0.6 is 11.5 Å². The van der Waals surface area contributed by atoms with Crippen molar-refractivity contribution >= 4 is 17.4 Å². The van der Waals surface area contributed by atoms with E-state index in [0.717, 1.165) is 17.1 Å². The van der Waals surface area contributed by atoms with E-state index < -0.39 is 6.04 Å². The molecule has 8 heteroatoms. The van der Waals surface area contributed by atoms with Crippen LogP contribution in [0.15, 0.2) is 30.3 Å². The molecule has 2 N–H and O–H groups in total. The van der Waals surface area contributed by atoms with Gasteiger partial charge in [-0.25, -0.2) is 4.98 Å². The lowest BCUT2D eigenvalue weighted by Gasteiger charge is -2.15. The molecule has 118 valence electrons. The number of rotatable bonds is 5. The third-order valence-corrected chi connectivity index (χ3v) is 4.14. The average molecular weight is 328 g/mol. The van der Waals surface area contributed by atoms with Crippen LogP contribution in [0.5, 0.6) is 0 Å². The Kier molecular flexibility index (Phi) is 4.42. The maximum absolute atomic E-state index is 12.6. The van der Waals surface area contributed by atoms with E-state index in [0.29, 0.717) is 28.6 Å². The first-order valence-electron chi connectivity index (χ1n) is 7.25. The summed E-state index contributed by atoms with van der Waals surface area (Å²) < 4.78 is 3.86. The molecule has 0 fully saturated rings. The van der Waals surface area contributed by atoms with Crippen molar-refractivity contribution in [3.63, 3.8) is 0 Å². The summed E-state index contributed by atoms with van der Waals surface area (Å²) in [5.74, 6) is 1.01. The number of H-pyrrole nitrogens is 1. The van der Waals surface area contributed by atoms with Crippen LogP contribution in [-0.4, -0.2) is 30.7 Å². The van der Waals surface area contributed by atoms with Gasteiger partial charge in [0.15, 0.2) is 5.82 Å². The zero-order chi connectivity index (χ0) is 16.2. The zero-order valence-electron chi connectivity index (χ0n) is 12.8. The number of aromatic amines is 1. The summed E-state index contributed by atoms with van der Waals surface area (Å²) in [6, 6.07) is 9.19. The summed E-state index contributed by atoms with van der Waals surface area (Å²) in [6.45, 7) is 3.77. The number of amides is 1. The first kappa shape index (κ1) is 15.3. The van der Waals surface area contributed by atoms with E-state index in [1.165, 1.54) is 0 Å². The largest absolute Gasteiger partial charge is 0.337 e. The fourth-order valence-electron chi connectivity index (χ4n) is 2.24. The standard InChI is InChI=1S/C15H16N6OS/c1-3-11-13(23-21-19-11)15(22)17-12(10-7-5-4-6-8-10)14-16-9(2)18-20-14/h4-8,12H,3H2,1-2H3,(H,17,22)(H,16,18,20)/t12-/m0/s1. The minimum Gasteiger partial charge on any atom is -0.337 e. The normalized spacial score (nSPS) is 12.1. The molecule has 7 nitrogen and oxygen atoms in total. The molecule has 0 aliphatic carbocycles. The summed E-state index contributed by atoms with van der Waals surface area (Å²) >= 11 is 1.10. The average Bonchev–Trinajstić information content (AvgIpc) is 3.21. The molecule has 0 saturated carbocycles. The first-order valence-corrected chi connectivity index (χ1v) is 8.02. The maximum atomic E-state index is 12.6.